The first-order valence-corrected chi connectivity index (χ1v) is 25.9. The van der Waals surface area contributed by atoms with Gasteiger partial charge in [0.05, 0.1) is 22.4 Å². The fourth-order valence-corrected chi connectivity index (χ4v) is 10.4. The van der Waals surface area contributed by atoms with Crippen LogP contribution in [0.25, 0.3) is 72.6 Å². The Labute approximate surface area is 339 Å². The van der Waals surface area contributed by atoms with Gasteiger partial charge in [-0.05, 0) is 47.5 Å². The smallest absolute Gasteiger partial charge is 0.216 e. The number of furan rings is 1. The topological polar surface area (TPSA) is 56.7 Å². The summed E-state index contributed by atoms with van der Waals surface area (Å²) in [6, 6.07) is 52.1. The zero-order valence-corrected chi connectivity index (χ0v) is 36.2. The molecule has 0 saturated heterocycles. The zero-order valence-electron chi connectivity index (χ0n) is 31.7. The first-order chi connectivity index (χ1) is 26.2. The Kier molecular flexibility index (Phi) is 11.3. The van der Waals surface area contributed by atoms with Gasteiger partial charge in [-0.15, -0.1) is 18.2 Å². The van der Waals surface area contributed by atoms with Gasteiger partial charge in [0, 0.05) is 37.4 Å². The fourth-order valence-electron chi connectivity index (χ4n) is 7.11. The van der Waals surface area contributed by atoms with Gasteiger partial charge in [-0.1, -0.05) is 65.5 Å². The number of benzene rings is 5. The molecule has 9 aromatic rings. The van der Waals surface area contributed by atoms with E-state index in [0.29, 0.717) is 11.6 Å². The third-order valence-corrected chi connectivity index (χ3v) is 14.0. The molecule has 0 aliphatic carbocycles. The first-order valence-electron chi connectivity index (χ1n) is 18.5. The van der Waals surface area contributed by atoms with Crippen LogP contribution < -0.4 is 4.40 Å². The molecule has 0 atom stereocenters. The molecule has 0 fully saturated rings. The van der Waals surface area contributed by atoms with E-state index in [0.717, 1.165) is 62.1 Å². The molecule has 0 unspecified atom stereocenters. The van der Waals surface area contributed by atoms with Crippen LogP contribution in [0.5, 0.6) is 0 Å². The summed E-state index contributed by atoms with van der Waals surface area (Å²) >= 11 is -1.86. The second-order valence-corrected chi connectivity index (χ2v) is 25.6. The van der Waals surface area contributed by atoms with Crippen LogP contribution in [0.3, 0.4) is 0 Å². The molecular formula is C48H42GeIrN4O-2. The van der Waals surface area contributed by atoms with Crippen molar-refractivity contribution >= 4 is 50.8 Å². The van der Waals surface area contributed by atoms with Gasteiger partial charge in [0.25, 0.3) is 0 Å². The average Bonchev–Trinajstić information content (AvgIpc) is 3.77. The largest absolute Gasteiger partial charge is 0.486 e. The van der Waals surface area contributed by atoms with E-state index in [1.54, 1.807) is 10.6 Å². The van der Waals surface area contributed by atoms with Gasteiger partial charge >= 0.3 is 126 Å². The molecule has 0 aliphatic heterocycles. The van der Waals surface area contributed by atoms with Gasteiger partial charge in [0.2, 0.25) is 5.71 Å². The third-order valence-electron chi connectivity index (χ3n) is 9.64. The fraction of sp³-hybridized carbons (Fsp3) is 0.146. The Morgan fingerprint density at radius 2 is 1.47 bits per heavy atom. The molecule has 1 radical (unpaired) electrons. The average molecular weight is 956 g/mol. The first kappa shape index (κ1) is 38.1. The number of imidazole rings is 1. The molecule has 4 heterocycles. The quantitative estimate of drug-likeness (QED) is 0.118. The number of fused-ring (bicyclic) bond motifs is 4. The maximum absolute atomic E-state index is 6.21. The Morgan fingerprint density at radius 1 is 0.727 bits per heavy atom. The third kappa shape index (κ3) is 7.99. The summed E-state index contributed by atoms with van der Waals surface area (Å²) in [6.07, 6.45) is 5.02. The number of rotatable bonds is 7. The van der Waals surface area contributed by atoms with Crippen molar-refractivity contribution in [3.05, 3.63) is 164 Å². The molecule has 0 spiro atoms. The van der Waals surface area contributed by atoms with E-state index < -0.39 is 13.3 Å². The summed E-state index contributed by atoms with van der Waals surface area (Å²) in [6.45, 7) is 4.57. The molecule has 55 heavy (non-hydrogen) atoms. The molecule has 275 valence electrons. The Morgan fingerprint density at radius 3 is 2.22 bits per heavy atom. The SMILES string of the molecule is CC(C)Cc1cc(-c2[c-]cccc2)nc[c]1[Ge]([CH3])([CH3])[CH3].[Ir].[c-]1ccc2c(oc3ncccc32)c1-c1nc2ccccc2n1-c1ccc(-c2ccccc2)cc1. The zero-order chi connectivity index (χ0) is 37.2. The van der Waals surface area contributed by atoms with Crippen LogP contribution in [-0.4, -0.2) is 32.8 Å². The maximum atomic E-state index is 6.21. The van der Waals surface area contributed by atoms with Crippen molar-refractivity contribution in [3.63, 3.8) is 0 Å². The molecule has 5 nitrogen and oxygen atoms in total. The van der Waals surface area contributed by atoms with E-state index in [-0.39, 0.29) is 20.1 Å². The Bertz CT molecular complexity index is 2700. The van der Waals surface area contributed by atoms with Crippen molar-refractivity contribution in [2.24, 2.45) is 5.92 Å². The maximum Gasteiger partial charge on any atom is 0.216 e. The summed E-state index contributed by atoms with van der Waals surface area (Å²) in [5.41, 5.74) is 11.2. The molecule has 0 amide bonds. The minimum Gasteiger partial charge on any atom is -0.486 e. The number of aromatic nitrogens is 4. The minimum absolute atomic E-state index is 0. The summed E-state index contributed by atoms with van der Waals surface area (Å²) in [7, 11) is 0. The standard InChI is InChI=1S/C30H18N3O.C18H24GeN.Ir/c1-2-8-20(9-3-1)21-15-17-22(18-16-21)33-27-14-5-4-13-26(27)32-29(33)25-11-6-10-23-24-12-7-19-31-30(24)34-28(23)25;1-14(2)11-16-12-18(15-9-7-6-8-10-15)20-13-17(16)19(3,4)5;/h1-10,12-19H;6-9,12-14H,11H2,1-5H3;/q2*-1;. The van der Waals surface area contributed by atoms with Crippen LogP contribution in [0, 0.1) is 18.1 Å². The molecular weight excluding hydrogens is 913 g/mol. The number of pyridine rings is 2. The summed E-state index contributed by atoms with van der Waals surface area (Å²) in [5.74, 6) is 8.78. The monoisotopic (exact) mass is 957 g/mol. The van der Waals surface area contributed by atoms with Crippen molar-refractivity contribution in [2.75, 3.05) is 0 Å². The molecule has 0 bridgehead atoms. The van der Waals surface area contributed by atoms with Crippen LogP contribution in [0.4, 0.5) is 0 Å². The van der Waals surface area contributed by atoms with Crippen molar-refractivity contribution in [3.8, 4) is 39.5 Å². The predicted molar refractivity (Wildman–Crippen MR) is 226 cm³/mol. The van der Waals surface area contributed by atoms with E-state index >= 15 is 0 Å². The summed E-state index contributed by atoms with van der Waals surface area (Å²) in [4.78, 5) is 14.1. The number of hydrogen-bond acceptors (Lipinski definition) is 4. The van der Waals surface area contributed by atoms with Gasteiger partial charge in [-0.25, -0.2) is 4.98 Å². The van der Waals surface area contributed by atoms with Gasteiger partial charge in [-0.3, -0.25) is 4.98 Å². The number of nitrogens with zero attached hydrogens (tertiary/aromatic N) is 4. The van der Waals surface area contributed by atoms with Crippen molar-refractivity contribution in [2.45, 2.75) is 37.5 Å². The van der Waals surface area contributed by atoms with Crippen LogP contribution >= 0.6 is 0 Å². The van der Waals surface area contributed by atoms with Crippen molar-refractivity contribution < 1.29 is 24.5 Å². The minimum atomic E-state index is -1.86. The molecule has 4 aromatic heterocycles. The molecule has 9 rings (SSSR count). The predicted octanol–water partition coefficient (Wildman–Crippen LogP) is 11.7. The van der Waals surface area contributed by atoms with Crippen LogP contribution in [0.1, 0.15) is 19.4 Å². The second kappa shape index (κ2) is 16.3. The van der Waals surface area contributed by atoms with E-state index in [4.69, 9.17) is 14.4 Å². The molecule has 0 N–H and O–H groups in total. The van der Waals surface area contributed by atoms with Crippen LogP contribution in [-0.2, 0) is 26.5 Å². The van der Waals surface area contributed by atoms with E-state index in [1.165, 1.54) is 16.7 Å². The molecule has 0 aliphatic rings. The molecule has 0 saturated carbocycles. The number of para-hydroxylation sites is 2. The van der Waals surface area contributed by atoms with Gasteiger partial charge in [-0.2, -0.15) is 0 Å². The Balaban J connectivity index is 0.000000191. The van der Waals surface area contributed by atoms with Crippen LogP contribution in [0.2, 0.25) is 17.3 Å². The van der Waals surface area contributed by atoms with Crippen molar-refractivity contribution in [1.82, 2.24) is 19.5 Å². The number of hydrogen-bond donors (Lipinski definition) is 0. The summed E-state index contributed by atoms with van der Waals surface area (Å²) < 4.78 is 9.92. The normalized spacial score (nSPS) is 11.5. The van der Waals surface area contributed by atoms with Crippen molar-refractivity contribution in [1.29, 1.82) is 0 Å². The van der Waals surface area contributed by atoms with Gasteiger partial charge in [0.15, 0.2) is 0 Å². The van der Waals surface area contributed by atoms with E-state index in [1.807, 2.05) is 66.7 Å². The summed E-state index contributed by atoms with van der Waals surface area (Å²) in [5, 5.41) is 2.00. The van der Waals surface area contributed by atoms with Gasteiger partial charge in [0.1, 0.15) is 0 Å². The van der Waals surface area contributed by atoms with E-state index in [9.17, 15) is 0 Å². The van der Waals surface area contributed by atoms with Crippen LogP contribution in [0.15, 0.2) is 150 Å². The second-order valence-electron chi connectivity index (χ2n) is 15.1. The Hall–Kier alpha value is -5.14. The van der Waals surface area contributed by atoms with E-state index in [2.05, 4.69) is 126 Å². The van der Waals surface area contributed by atoms with Gasteiger partial charge < -0.3 is 8.98 Å². The molecule has 5 aromatic carbocycles. The molecule has 7 heteroatoms.